The van der Waals surface area contributed by atoms with Gasteiger partial charge in [0.15, 0.2) is 5.54 Å². The monoisotopic (exact) mass is 610 g/mol. The number of aromatic nitrogens is 1. The molecule has 0 saturated carbocycles. The highest BCUT2D eigenvalue weighted by Gasteiger charge is 2.62. The van der Waals surface area contributed by atoms with Gasteiger partial charge in [0.1, 0.15) is 5.01 Å². The summed E-state index contributed by atoms with van der Waals surface area (Å²) in [6, 6.07) is 19.7. The van der Waals surface area contributed by atoms with Crippen LogP contribution < -0.4 is 11.1 Å². The number of carbonyl (C=O) groups is 2. The Hall–Kier alpha value is -4.06. The standard InChI is InChI=1S/C32H33F3N4O3S/c1-20-19-43-26(38-20)18-39(3)30(42)25-16-10-15-24(29(36)41)27(25)28(21(2)40)31(32(33,34)35,23-13-8-5-9-14-23)37-17-22-11-6-4-7-12-22/h4-16,19,21,28,37,40H,17-18H2,1-3H3,(H2,36,41). The fraction of sp³-hybridized carbons (Fsp3) is 0.281. The van der Waals surface area contributed by atoms with Crippen molar-refractivity contribution in [3.8, 4) is 0 Å². The quantitative estimate of drug-likeness (QED) is 0.207. The number of alkyl halides is 3. The molecule has 0 radical (unpaired) electrons. The highest BCUT2D eigenvalue weighted by molar-refractivity contribution is 7.09. The molecule has 0 bridgehead atoms. The van der Waals surface area contributed by atoms with Crippen molar-refractivity contribution in [1.29, 1.82) is 0 Å². The predicted octanol–water partition coefficient (Wildman–Crippen LogP) is 5.53. The summed E-state index contributed by atoms with van der Waals surface area (Å²) in [6.07, 6.45) is -6.73. The molecule has 4 rings (SSSR count). The van der Waals surface area contributed by atoms with Gasteiger partial charge >= 0.3 is 6.18 Å². The van der Waals surface area contributed by atoms with E-state index in [1.165, 1.54) is 72.7 Å². The molecule has 0 spiro atoms. The van der Waals surface area contributed by atoms with Crippen molar-refractivity contribution in [3.05, 3.63) is 123 Å². The van der Waals surface area contributed by atoms with E-state index in [-0.39, 0.29) is 35.3 Å². The summed E-state index contributed by atoms with van der Waals surface area (Å²) in [6.45, 7) is 2.88. The summed E-state index contributed by atoms with van der Waals surface area (Å²) in [5.41, 5.74) is 3.15. The third-order valence-corrected chi connectivity index (χ3v) is 8.29. The zero-order chi connectivity index (χ0) is 31.4. The van der Waals surface area contributed by atoms with Gasteiger partial charge in [-0.2, -0.15) is 13.2 Å². The molecule has 0 aliphatic rings. The molecule has 2 amide bonds. The number of rotatable bonds is 11. The van der Waals surface area contributed by atoms with Crippen LogP contribution in [0.4, 0.5) is 13.2 Å². The van der Waals surface area contributed by atoms with Gasteiger partial charge in [0.2, 0.25) is 5.91 Å². The summed E-state index contributed by atoms with van der Waals surface area (Å²) in [4.78, 5) is 32.4. The van der Waals surface area contributed by atoms with Crippen LogP contribution in [0.1, 0.15) is 60.9 Å². The number of aryl methyl sites for hydroxylation is 1. The lowest BCUT2D eigenvalue weighted by molar-refractivity contribution is -0.217. The first-order valence-electron chi connectivity index (χ1n) is 13.5. The molecule has 3 unspecified atom stereocenters. The SMILES string of the molecule is Cc1csc(CN(C)C(=O)c2cccc(C(N)=O)c2C(C(C)O)C(NCc2ccccc2)(c2ccccc2)C(F)(F)F)n1. The maximum absolute atomic E-state index is 15.8. The van der Waals surface area contributed by atoms with E-state index in [1.807, 2.05) is 12.3 Å². The first-order chi connectivity index (χ1) is 20.4. The third-order valence-electron chi connectivity index (χ3n) is 7.34. The second kappa shape index (κ2) is 13.1. The molecule has 0 fully saturated rings. The number of carbonyl (C=O) groups excluding carboxylic acids is 2. The Balaban J connectivity index is 1.98. The van der Waals surface area contributed by atoms with Crippen molar-refractivity contribution in [1.82, 2.24) is 15.2 Å². The molecule has 3 atom stereocenters. The molecule has 226 valence electrons. The Morgan fingerprint density at radius 1 is 1.00 bits per heavy atom. The Morgan fingerprint density at radius 3 is 2.14 bits per heavy atom. The molecule has 11 heteroatoms. The van der Waals surface area contributed by atoms with E-state index in [0.29, 0.717) is 10.6 Å². The van der Waals surface area contributed by atoms with Crippen LogP contribution in [0.25, 0.3) is 0 Å². The van der Waals surface area contributed by atoms with Crippen LogP contribution in [0.3, 0.4) is 0 Å². The largest absolute Gasteiger partial charge is 0.411 e. The molecule has 1 heterocycles. The fourth-order valence-corrected chi connectivity index (χ4v) is 6.27. The number of nitrogens with one attached hydrogen (secondary N) is 1. The van der Waals surface area contributed by atoms with Crippen molar-refractivity contribution >= 4 is 23.2 Å². The van der Waals surface area contributed by atoms with Gasteiger partial charge in [0.25, 0.3) is 5.91 Å². The van der Waals surface area contributed by atoms with Gasteiger partial charge in [-0.15, -0.1) is 11.3 Å². The third kappa shape index (κ3) is 6.64. The minimum Gasteiger partial charge on any atom is -0.393 e. The Kier molecular flexibility index (Phi) is 9.69. The number of halogens is 3. The van der Waals surface area contributed by atoms with Crippen molar-refractivity contribution in [2.24, 2.45) is 5.73 Å². The highest BCUT2D eigenvalue weighted by Crippen LogP contribution is 2.52. The normalized spacial score (nSPS) is 14.5. The number of thiazole rings is 1. The second-order valence-electron chi connectivity index (χ2n) is 10.4. The molecular formula is C32H33F3N4O3S. The minimum atomic E-state index is -5.03. The second-order valence-corrected chi connectivity index (χ2v) is 11.3. The highest BCUT2D eigenvalue weighted by atomic mass is 32.1. The topological polar surface area (TPSA) is 109 Å². The number of aliphatic hydroxyl groups is 1. The number of nitrogens with two attached hydrogens (primary N) is 1. The maximum Gasteiger partial charge on any atom is 0.411 e. The number of hydrogen-bond acceptors (Lipinski definition) is 6. The number of primary amides is 1. The van der Waals surface area contributed by atoms with Crippen molar-refractivity contribution in [2.45, 2.75) is 50.7 Å². The molecule has 4 N–H and O–H groups in total. The van der Waals surface area contributed by atoms with Crippen LogP contribution in [-0.2, 0) is 18.6 Å². The lowest BCUT2D eigenvalue weighted by Gasteiger charge is -2.46. The van der Waals surface area contributed by atoms with Crippen molar-refractivity contribution < 1.29 is 27.9 Å². The van der Waals surface area contributed by atoms with E-state index in [4.69, 9.17) is 5.73 Å². The van der Waals surface area contributed by atoms with Gasteiger partial charge in [-0.1, -0.05) is 66.7 Å². The number of nitrogens with zero attached hydrogens (tertiary/aromatic N) is 2. The zero-order valence-electron chi connectivity index (χ0n) is 23.9. The minimum absolute atomic E-state index is 0.0896. The van der Waals surface area contributed by atoms with Gasteiger partial charge in [-0.3, -0.25) is 14.9 Å². The smallest absolute Gasteiger partial charge is 0.393 e. The van der Waals surface area contributed by atoms with Crippen LogP contribution in [0, 0.1) is 6.92 Å². The fourth-order valence-electron chi connectivity index (χ4n) is 5.45. The zero-order valence-corrected chi connectivity index (χ0v) is 24.7. The summed E-state index contributed by atoms with van der Waals surface area (Å²) >= 11 is 1.35. The summed E-state index contributed by atoms with van der Waals surface area (Å²) in [5, 5.41) is 16.5. The average molecular weight is 611 g/mol. The number of amides is 2. The lowest BCUT2D eigenvalue weighted by Crippen LogP contribution is -2.60. The van der Waals surface area contributed by atoms with Crippen LogP contribution in [-0.4, -0.2) is 46.1 Å². The van der Waals surface area contributed by atoms with E-state index >= 15 is 13.2 Å². The average Bonchev–Trinajstić information content (AvgIpc) is 3.38. The number of hydrogen-bond donors (Lipinski definition) is 3. The van der Waals surface area contributed by atoms with E-state index in [0.717, 1.165) is 5.69 Å². The van der Waals surface area contributed by atoms with E-state index in [2.05, 4.69) is 10.3 Å². The van der Waals surface area contributed by atoms with Crippen molar-refractivity contribution in [2.75, 3.05) is 7.05 Å². The lowest BCUT2D eigenvalue weighted by atomic mass is 9.68. The number of aliphatic hydroxyl groups excluding tert-OH is 1. The molecule has 43 heavy (non-hydrogen) atoms. The van der Waals surface area contributed by atoms with Crippen molar-refractivity contribution in [3.63, 3.8) is 0 Å². The van der Waals surface area contributed by atoms with Gasteiger partial charge in [0.05, 0.1) is 12.6 Å². The molecule has 1 aromatic heterocycles. The van der Waals surface area contributed by atoms with Gasteiger partial charge in [-0.05, 0) is 42.7 Å². The van der Waals surface area contributed by atoms with Crippen LogP contribution in [0.2, 0.25) is 0 Å². The molecule has 0 aliphatic heterocycles. The Bertz CT molecular complexity index is 1560. The Labute approximate surface area is 252 Å². The first kappa shape index (κ1) is 31.9. The summed E-state index contributed by atoms with van der Waals surface area (Å²) in [7, 11) is 1.50. The van der Waals surface area contributed by atoms with E-state index in [9.17, 15) is 14.7 Å². The maximum atomic E-state index is 15.8. The summed E-state index contributed by atoms with van der Waals surface area (Å²) < 4.78 is 47.3. The van der Waals surface area contributed by atoms with E-state index < -0.39 is 35.6 Å². The Morgan fingerprint density at radius 2 is 1.60 bits per heavy atom. The molecule has 0 saturated heterocycles. The van der Waals surface area contributed by atoms with Crippen LogP contribution >= 0.6 is 11.3 Å². The van der Waals surface area contributed by atoms with Gasteiger partial charge in [0, 0.05) is 41.7 Å². The molecule has 0 aliphatic carbocycles. The first-order valence-corrected chi connectivity index (χ1v) is 14.4. The van der Waals surface area contributed by atoms with Crippen LogP contribution in [0.15, 0.2) is 84.2 Å². The van der Waals surface area contributed by atoms with E-state index in [1.54, 1.807) is 36.4 Å². The van der Waals surface area contributed by atoms with Gasteiger partial charge < -0.3 is 15.7 Å². The molecule has 7 nitrogen and oxygen atoms in total. The predicted molar refractivity (Wildman–Crippen MR) is 159 cm³/mol. The molecule has 4 aromatic rings. The molecular weight excluding hydrogens is 577 g/mol. The van der Waals surface area contributed by atoms with Crippen LogP contribution in [0.5, 0.6) is 0 Å². The molecule has 3 aromatic carbocycles. The number of benzene rings is 3. The summed E-state index contributed by atoms with van der Waals surface area (Å²) in [5.74, 6) is -3.55. The van der Waals surface area contributed by atoms with Gasteiger partial charge in [-0.25, -0.2) is 4.98 Å².